The Balaban J connectivity index is 1.36. The van der Waals surface area contributed by atoms with E-state index >= 15 is 0 Å². The van der Waals surface area contributed by atoms with Crippen molar-refractivity contribution in [3.8, 4) is 0 Å². The first-order valence-corrected chi connectivity index (χ1v) is 16.3. The molecule has 220 valence electrons. The molecule has 0 saturated carbocycles. The molecule has 10 nitrogen and oxygen atoms in total. The van der Waals surface area contributed by atoms with E-state index in [0.717, 1.165) is 28.0 Å². The first-order valence-electron chi connectivity index (χ1n) is 12.6. The number of hydrogen-bond acceptors (Lipinski definition) is 8. The zero-order chi connectivity index (χ0) is 30.6. The minimum Gasteiger partial charge on any atom is -0.325 e. The molecule has 0 radical (unpaired) electrons. The van der Waals surface area contributed by atoms with Gasteiger partial charge in [-0.2, -0.15) is 0 Å². The SMILES string of the molecule is NS(=O)(=O)c1ccc(NC(=O)Cn2c3c(sc2=O)[C@@H](c2ccc(F)cc2)[C@@H]2C(=O)N(c4ccc(Cl)cc4)C(=O)[C@@H]2S3)cc1. The van der Waals surface area contributed by atoms with E-state index in [9.17, 15) is 32.0 Å². The molecule has 3 N–H and O–H groups in total. The second-order valence-corrected chi connectivity index (χ2v) is 13.9. The van der Waals surface area contributed by atoms with E-state index in [4.69, 9.17) is 16.7 Å². The lowest BCUT2D eigenvalue weighted by molar-refractivity contribution is -0.122. The molecule has 2 aliphatic rings. The maximum Gasteiger partial charge on any atom is 0.308 e. The number of halogens is 2. The predicted molar refractivity (Wildman–Crippen MR) is 160 cm³/mol. The molecule has 1 saturated heterocycles. The van der Waals surface area contributed by atoms with Crippen LogP contribution in [0.25, 0.3) is 0 Å². The fourth-order valence-electron chi connectivity index (χ4n) is 5.20. The normalized spacial score (nSPS) is 19.7. The van der Waals surface area contributed by atoms with Crippen molar-refractivity contribution in [2.45, 2.75) is 27.6 Å². The Morgan fingerprint density at radius 2 is 1.60 bits per heavy atom. The van der Waals surface area contributed by atoms with Crippen molar-refractivity contribution < 1.29 is 27.2 Å². The molecule has 6 rings (SSSR count). The van der Waals surface area contributed by atoms with Gasteiger partial charge in [-0.1, -0.05) is 46.8 Å². The summed E-state index contributed by atoms with van der Waals surface area (Å²) in [5, 5.41) is 7.62. The van der Waals surface area contributed by atoms with Gasteiger partial charge in [0.1, 0.15) is 17.6 Å². The number of nitrogens with one attached hydrogen (secondary N) is 1. The summed E-state index contributed by atoms with van der Waals surface area (Å²) in [5.74, 6) is -3.64. The van der Waals surface area contributed by atoms with E-state index in [1.807, 2.05) is 0 Å². The first kappa shape index (κ1) is 29.3. The number of hydrogen-bond donors (Lipinski definition) is 2. The van der Waals surface area contributed by atoms with E-state index < -0.39 is 62.1 Å². The van der Waals surface area contributed by atoms with Crippen LogP contribution in [-0.2, 0) is 31.0 Å². The molecule has 3 atom stereocenters. The minimum atomic E-state index is -3.92. The number of thioether (sulfide) groups is 1. The average molecular weight is 659 g/mol. The van der Waals surface area contributed by atoms with Crippen LogP contribution in [-0.4, -0.2) is 36.0 Å². The Morgan fingerprint density at radius 1 is 0.953 bits per heavy atom. The lowest BCUT2D eigenvalue weighted by Gasteiger charge is -2.30. The van der Waals surface area contributed by atoms with Gasteiger partial charge in [-0.25, -0.2) is 22.8 Å². The number of nitrogens with two attached hydrogens (primary N) is 1. The van der Waals surface area contributed by atoms with Gasteiger partial charge >= 0.3 is 4.87 Å². The highest BCUT2D eigenvalue weighted by atomic mass is 35.5. The number of aromatic nitrogens is 1. The molecular weight excluding hydrogens is 639 g/mol. The van der Waals surface area contributed by atoms with Crippen molar-refractivity contribution >= 4 is 73.8 Å². The first-order chi connectivity index (χ1) is 20.4. The summed E-state index contributed by atoms with van der Waals surface area (Å²) >= 11 is 7.91. The van der Waals surface area contributed by atoms with Crippen LogP contribution in [0.2, 0.25) is 5.02 Å². The fraction of sp³-hybridized carbons (Fsp3) is 0.143. The summed E-state index contributed by atoms with van der Waals surface area (Å²) in [7, 11) is -3.92. The highest BCUT2D eigenvalue weighted by Gasteiger charge is 2.56. The van der Waals surface area contributed by atoms with Crippen LogP contribution in [0.3, 0.4) is 0 Å². The van der Waals surface area contributed by atoms with Gasteiger partial charge in [0.2, 0.25) is 27.7 Å². The van der Waals surface area contributed by atoms with Gasteiger partial charge in [0.25, 0.3) is 0 Å². The summed E-state index contributed by atoms with van der Waals surface area (Å²) in [6.45, 7) is -0.412. The number of nitrogens with zero attached hydrogens (tertiary/aromatic N) is 2. The zero-order valence-corrected chi connectivity index (χ0v) is 25.0. The van der Waals surface area contributed by atoms with Gasteiger partial charge in [0.05, 0.1) is 21.5 Å². The van der Waals surface area contributed by atoms with E-state index in [0.29, 0.717) is 26.2 Å². The molecule has 1 aromatic heterocycles. The standard InChI is InChI=1S/C28H20ClFN4O6S3/c29-15-3-9-18(10-4-15)34-25(36)22-21(14-1-5-16(30)6-2-14)24-27(41-23(22)26(34)37)33(28(38)42-24)13-20(35)32-17-7-11-19(12-8-17)43(31,39)40/h1-12,21-23H,13H2,(H,32,35)(H2,31,39,40)/t21-,22-,23+/m0/s1. The van der Waals surface area contributed by atoms with Gasteiger partial charge in [-0.15, -0.1) is 0 Å². The molecule has 15 heteroatoms. The molecule has 43 heavy (non-hydrogen) atoms. The van der Waals surface area contributed by atoms with E-state index in [1.54, 1.807) is 24.3 Å². The predicted octanol–water partition coefficient (Wildman–Crippen LogP) is 3.78. The number of carbonyl (C=O) groups excluding carboxylic acids is 3. The van der Waals surface area contributed by atoms with E-state index in [1.165, 1.54) is 53.1 Å². The van der Waals surface area contributed by atoms with Crippen LogP contribution in [0, 0.1) is 11.7 Å². The van der Waals surface area contributed by atoms with Gasteiger partial charge in [0, 0.05) is 21.5 Å². The summed E-state index contributed by atoms with van der Waals surface area (Å²) in [5.41, 5.74) is 1.17. The number of rotatable bonds is 6. The van der Waals surface area contributed by atoms with Crippen molar-refractivity contribution in [1.82, 2.24) is 4.57 Å². The number of anilines is 2. The maximum atomic E-state index is 13.9. The molecular formula is C28H20ClFN4O6S3. The number of benzene rings is 3. The molecule has 3 heterocycles. The lowest BCUT2D eigenvalue weighted by atomic mass is 9.83. The van der Waals surface area contributed by atoms with Crippen LogP contribution in [0.1, 0.15) is 16.4 Å². The lowest BCUT2D eigenvalue weighted by Crippen LogP contribution is -2.33. The number of fused-ring (bicyclic) bond motifs is 2. The van der Waals surface area contributed by atoms with Crippen molar-refractivity contribution in [2.75, 3.05) is 10.2 Å². The van der Waals surface area contributed by atoms with Crippen LogP contribution >= 0.6 is 34.7 Å². The highest BCUT2D eigenvalue weighted by molar-refractivity contribution is 8.00. The molecule has 2 aliphatic heterocycles. The van der Waals surface area contributed by atoms with Gasteiger partial charge in [-0.05, 0) is 66.2 Å². The molecule has 0 unspecified atom stereocenters. The highest BCUT2D eigenvalue weighted by Crippen LogP contribution is 2.53. The Morgan fingerprint density at radius 3 is 2.23 bits per heavy atom. The Kier molecular flexibility index (Phi) is 7.50. The number of sulfonamides is 1. The van der Waals surface area contributed by atoms with Crippen molar-refractivity contribution in [3.05, 3.63) is 104 Å². The van der Waals surface area contributed by atoms with Gasteiger partial charge in [-0.3, -0.25) is 23.7 Å². The number of amides is 3. The average Bonchev–Trinajstić information content (AvgIpc) is 3.40. The van der Waals surface area contributed by atoms with E-state index in [-0.39, 0.29) is 10.6 Å². The summed E-state index contributed by atoms with van der Waals surface area (Å²) in [4.78, 5) is 54.8. The molecule has 3 aromatic carbocycles. The molecule has 0 spiro atoms. The van der Waals surface area contributed by atoms with Crippen LogP contribution < -0.4 is 20.2 Å². The molecule has 0 bridgehead atoms. The van der Waals surface area contributed by atoms with Crippen molar-refractivity contribution in [2.24, 2.45) is 11.1 Å². The summed E-state index contributed by atoms with van der Waals surface area (Å²) in [6, 6.07) is 17.0. The number of carbonyl (C=O) groups is 3. The Hall–Kier alpha value is -3.82. The summed E-state index contributed by atoms with van der Waals surface area (Å²) in [6.07, 6.45) is 0. The van der Waals surface area contributed by atoms with Crippen LogP contribution in [0.5, 0.6) is 0 Å². The number of primary sulfonamides is 1. The molecule has 0 aliphatic carbocycles. The Labute approximate surface area is 257 Å². The smallest absolute Gasteiger partial charge is 0.308 e. The number of imide groups is 1. The third kappa shape index (κ3) is 5.40. The molecule has 1 fully saturated rings. The van der Waals surface area contributed by atoms with Crippen LogP contribution in [0.15, 0.2) is 87.5 Å². The van der Waals surface area contributed by atoms with Gasteiger partial charge < -0.3 is 5.32 Å². The van der Waals surface area contributed by atoms with Crippen molar-refractivity contribution in [1.29, 1.82) is 0 Å². The maximum absolute atomic E-state index is 13.9. The van der Waals surface area contributed by atoms with Crippen LogP contribution in [0.4, 0.5) is 15.8 Å². The topological polar surface area (TPSA) is 149 Å². The van der Waals surface area contributed by atoms with E-state index in [2.05, 4.69) is 5.32 Å². The zero-order valence-electron chi connectivity index (χ0n) is 21.8. The molecule has 3 amide bonds. The van der Waals surface area contributed by atoms with Gasteiger partial charge in [0.15, 0.2) is 0 Å². The largest absolute Gasteiger partial charge is 0.325 e. The molecule has 4 aromatic rings. The third-order valence-electron chi connectivity index (χ3n) is 7.13. The Bertz CT molecular complexity index is 1940. The summed E-state index contributed by atoms with van der Waals surface area (Å²) < 4.78 is 38.1. The minimum absolute atomic E-state index is 0.130. The quantitative estimate of drug-likeness (QED) is 0.300. The second-order valence-electron chi connectivity index (χ2n) is 9.82. The number of thiazole rings is 1. The second kappa shape index (κ2) is 11.0. The van der Waals surface area contributed by atoms with Crippen molar-refractivity contribution in [3.63, 3.8) is 0 Å². The third-order valence-corrected chi connectivity index (χ3v) is 10.9. The monoisotopic (exact) mass is 658 g/mol. The fourth-order valence-corrected chi connectivity index (χ4v) is 8.62.